The number of aliphatic carboxylic acids is 1. The summed E-state index contributed by atoms with van der Waals surface area (Å²) in [5, 5.41) is 9.29. The Morgan fingerprint density at radius 2 is 2.10 bits per heavy atom. The number of hydrogen-bond donors (Lipinski definition) is 1. The first-order valence-electron chi connectivity index (χ1n) is 6.43. The summed E-state index contributed by atoms with van der Waals surface area (Å²) >= 11 is 0. The zero-order valence-corrected chi connectivity index (χ0v) is 11.0. The van der Waals surface area contributed by atoms with Gasteiger partial charge in [-0.05, 0) is 31.0 Å². The van der Waals surface area contributed by atoms with E-state index in [0.29, 0.717) is 12.1 Å². The Morgan fingerprint density at radius 1 is 1.40 bits per heavy atom. The summed E-state index contributed by atoms with van der Waals surface area (Å²) < 4.78 is 26.4. The van der Waals surface area contributed by atoms with Gasteiger partial charge in [0.05, 0.1) is 12.0 Å². The Hall–Kier alpha value is -1.98. The quantitative estimate of drug-likeness (QED) is 0.926. The van der Waals surface area contributed by atoms with E-state index in [1.165, 1.54) is 11.0 Å². The molecule has 6 heteroatoms. The van der Waals surface area contributed by atoms with Gasteiger partial charge in [-0.1, -0.05) is 6.07 Å². The van der Waals surface area contributed by atoms with E-state index in [4.69, 9.17) is 0 Å². The summed E-state index contributed by atoms with van der Waals surface area (Å²) in [5.41, 5.74) is 0.311. The minimum Gasteiger partial charge on any atom is -0.481 e. The molecule has 20 heavy (non-hydrogen) atoms. The molecule has 1 amide bonds. The van der Waals surface area contributed by atoms with Gasteiger partial charge in [-0.2, -0.15) is 0 Å². The third-order valence-corrected chi connectivity index (χ3v) is 3.65. The Kier molecular flexibility index (Phi) is 4.01. The molecule has 1 fully saturated rings. The number of carboxylic acids is 1. The number of halogens is 2. The Bertz CT molecular complexity index is 545. The van der Waals surface area contributed by atoms with Crippen LogP contribution in [0, 0.1) is 17.6 Å². The van der Waals surface area contributed by atoms with Gasteiger partial charge < -0.3 is 10.0 Å². The number of nitrogens with zero attached hydrogens (tertiary/aromatic N) is 1. The molecule has 1 aliphatic rings. The van der Waals surface area contributed by atoms with Crippen molar-refractivity contribution in [3.8, 4) is 0 Å². The van der Waals surface area contributed by atoms with E-state index in [1.54, 1.807) is 6.92 Å². The van der Waals surface area contributed by atoms with Crippen LogP contribution in [-0.4, -0.2) is 28.4 Å². The topological polar surface area (TPSA) is 57.6 Å². The molecule has 1 aliphatic heterocycles. The Balaban J connectivity index is 2.46. The van der Waals surface area contributed by atoms with Crippen molar-refractivity contribution in [2.45, 2.75) is 25.8 Å². The molecule has 108 valence electrons. The lowest BCUT2D eigenvalue weighted by Crippen LogP contribution is -2.45. The molecule has 0 radical (unpaired) electrons. The highest BCUT2D eigenvalue weighted by Crippen LogP contribution is 2.37. The maximum atomic E-state index is 13.4. The van der Waals surface area contributed by atoms with Crippen molar-refractivity contribution in [3.63, 3.8) is 0 Å². The van der Waals surface area contributed by atoms with E-state index in [0.717, 1.165) is 12.1 Å². The summed E-state index contributed by atoms with van der Waals surface area (Å²) in [6, 6.07) is 2.50. The monoisotopic (exact) mass is 283 g/mol. The fraction of sp³-hybridized carbons (Fsp3) is 0.429. The second-order valence-electron chi connectivity index (χ2n) is 4.78. The van der Waals surface area contributed by atoms with Crippen LogP contribution in [0.1, 0.15) is 31.4 Å². The molecular weight excluding hydrogens is 268 g/mol. The van der Waals surface area contributed by atoms with Crippen molar-refractivity contribution in [2.75, 3.05) is 6.54 Å². The summed E-state index contributed by atoms with van der Waals surface area (Å²) in [7, 11) is 0. The lowest BCUT2D eigenvalue weighted by molar-refractivity contribution is -0.151. The average molecular weight is 283 g/mol. The van der Waals surface area contributed by atoms with Gasteiger partial charge in [0.25, 0.3) is 0 Å². The fourth-order valence-electron chi connectivity index (χ4n) is 2.69. The van der Waals surface area contributed by atoms with Crippen LogP contribution in [0.15, 0.2) is 18.2 Å². The number of benzene rings is 1. The maximum absolute atomic E-state index is 13.4. The fourth-order valence-corrected chi connectivity index (χ4v) is 2.69. The maximum Gasteiger partial charge on any atom is 0.308 e. The number of amides is 1. The summed E-state index contributed by atoms with van der Waals surface area (Å²) in [4.78, 5) is 24.7. The van der Waals surface area contributed by atoms with Crippen LogP contribution in [-0.2, 0) is 9.59 Å². The number of rotatable bonds is 3. The van der Waals surface area contributed by atoms with Crippen LogP contribution in [0.2, 0.25) is 0 Å². The number of carbonyl (C=O) groups is 2. The van der Waals surface area contributed by atoms with E-state index in [9.17, 15) is 23.5 Å². The highest BCUT2D eigenvalue weighted by molar-refractivity contribution is 5.81. The predicted molar refractivity (Wildman–Crippen MR) is 66.8 cm³/mol. The van der Waals surface area contributed by atoms with Crippen molar-refractivity contribution in [1.29, 1.82) is 0 Å². The minimum absolute atomic E-state index is 0.158. The van der Waals surface area contributed by atoms with Crippen molar-refractivity contribution in [2.24, 2.45) is 5.92 Å². The number of hydrogen-bond acceptors (Lipinski definition) is 2. The molecular formula is C14H15F2NO3. The predicted octanol–water partition coefficient (Wildman–Crippen LogP) is 2.35. The first-order valence-corrected chi connectivity index (χ1v) is 6.43. The molecule has 1 N–H and O–H groups in total. The molecule has 1 aromatic carbocycles. The normalized spacial score (nSPS) is 22.9. The first kappa shape index (κ1) is 14.4. The van der Waals surface area contributed by atoms with Crippen LogP contribution >= 0.6 is 0 Å². The lowest BCUT2D eigenvalue weighted by Gasteiger charge is -2.39. The Labute approximate surface area is 115 Å². The van der Waals surface area contributed by atoms with Crippen LogP contribution in [0.4, 0.5) is 8.78 Å². The zero-order chi connectivity index (χ0) is 14.9. The number of carbonyl (C=O) groups excluding carboxylic acids is 1. The molecule has 2 rings (SSSR count). The van der Waals surface area contributed by atoms with Crippen molar-refractivity contribution in [3.05, 3.63) is 35.4 Å². The van der Waals surface area contributed by atoms with E-state index < -0.39 is 29.6 Å². The highest BCUT2D eigenvalue weighted by Gasteiger charge is 2.40. The lowest BCUT2D eigenvalue weighted by atomic mass is 9.84. The van der Waals surface area contributed by atoms with Gasteiger partial charge >= 0.3 is 5.97 Å². The van der Waals surface area contributed by atoms with E-state index in [1.807, 2.05) is 0 Å². The molecule has 0 spiro atoms. The smallest absolute Gasteiger partial charge is 0.308 e. The van der Waals surface area contributed by atoms with Gasteiger partial charge in [0.15, 0.2) is 11.6 Å². The van der Waals surface area contributed by atoms with Crippen molar-refractivity contribution >= 4 is 11.9 Å². The molecule has 0 aromatic heterocycles. The van der Waals surface area contributed by atoms with E-state index >= 15 is 0 Å². The van der Waals surface area contributed by atoms with Gasteiger partial charge in [-0.3, -0.25) is 9.59 Å². The van der Waals surface area contributed by atoms with Crippen molar-refractivity contribution in [1.82, 2.24) is 4.90 Å². The zero-order valence-electron chi connectivity index (χ0n) is 11.0. The second-order valence-corrected chi connectivity index (χ2v) is 4.78. The molecule has 1 saturated heterocycles. The number of carboxylic acid groups (broad SMARTS) is 1. The van der Waals surface area contributed by atoms with E-state index in [2.05, 4.69) is 0 Å². The van der Waals surface area contributed by atoms with Crippen LogP contribution in [0.25, 0.3) is 0 Å². The second kappa shape index (κ2) is 5.56. The minimum atomic E-state index is -1.04. The summed E-state index contributed by atoms with van der Waals surface area (Å²) in [6.45, 7) is 2.06. The largest absolute Gasteiger partial charge is 0.481 e. The van der Waals surface area contributed by atoms with Gasteiger partial charge in [-0.25, -0.2) is 8.78 Å². The number of likely N-dealkylation sites (tertiary alicyclic amines) is 1. The van der Waals surface area contributed by atoms with Crippen molar-refractivity contribution < 1.29 is 23.5 Å². The standard InChI is InChI=1S/C14H15F2NO3/c1-2-17-12(18)6-4-9(14(19)20)13(17)8-3-5-10(15)11(16)7-8/h3,5,7,9,13H,2,4,6H2,1H3,(H,19,20). The molecule has 4 nitrogen and oxygen atoms in total. The average Bonchev–Trinajstić information content (AvgIpc) is 2.41. The van der Waals surface area contributed by atoms with Crippen LogP contribution in [0.5, 0.6) is 0 Å². The molecule has 0 saturated carbocycles. The number of piperidine rings is 1. The molecule has 2 unspecified atom stereocenters. The van der Waals surface area contributed by atoms with Crippen LogP contribution < -0.4 is 0 Å². The third-order valence-electron chi connectivity index (χ3n) is 3.65. The van der Waals surface area contributed by atoms with Gasteiger partial charge in [0.2, 0.25) is 5.91 Å². The molecule has 0 bridgehead atoms. The highest BCUT2D eigenvalue weighted by atomic mass is 19.2. The summed E-state index contributed by atoms with van der Waals surface area (Å²) in [6.07, 6.45) is 0.360. The SMILES string of the molecule is CCN1C(=O)CCC(C(=O)O)C1c1ccc(F)c(F)c1. The third kappa shape index (κ3) is 2.50. The van der Waals surface area contributed by atoms with Gasteiger partial charge in [0.1, 0.15) is 0 Å². The summed E-state index contributed by atoms with van der Waals surface area (Å²) in [5.74, 6) is -4.05. The molecule has 0 aliphatic carbocycles. The molecule has 2 atom stereocenters. The van der Waals surface area contributed by atoms with Gasteiger partial charge in [0, 0.05) is 13.0 Å². The molecule has 1 aromatic rings. The first-order chi connectivity index (χ1) is 9.45. The Morgan fingerprint density at radius 3 is 2.65 bits per heavy atom. The van der Waals surface area contributed by atoms with Crippen LogP contribution in [0.3, 0.4) is 0 Å². The van der Waals surface area contributed by atoms with E-state index in [-0.39, 0.29) is 18.7 Å². The molecule has 1 heterocycles. The van der Waals surface area contributed by atoms with Gasteiger partial charge in [-0.15, -0.1) is 0 Å².